The third-order valence-electron chi connectivity index (χ3n) is 4.17. The number of carbonyl (C=O) groups is 1. The SMILES string of the molecule is CCN(CC)c1nc2sc(C(=O)Nc3cccc(-c4noc(=O)[nH]4)c3)cc2s1. The number of H-pyrrole nitrogens is 1. The Morgan fingerprint density at radius 3 is 2.75 bits per heavy atom. The van der Waals surface area contributed by atoms with E-state index in [0.717, 1.165) is 27.8 Å². The number of hydrogen-bond donors (Lipinski definition) is 2. The van der Waals surface area contributed by atoms with Crippen LogP contribution in [0.5, 0.6) is 0 Å². The van der Waals surface area contributed by atoms with Gasteiger partial charge in [0.25, 0.3) is 5.91 Å². The normalized spacial score (nSPS) is 11.1. The summed E-state index contributed by atoms with van der Waals surface area (Å²) in [4.78, 5) is 34.5. The van der Waals surface area contributed by atoms with E-state index in [1.54, 1.807) is 35.6 Å². The predicted molar refractivity (Wildman–Crippen MR) is 112 cm³/mol. The van der Waals surface area contributed by atoms with Crippen molar-refractivity contribution in [1.82, 2.24) is 15.1 Å². The van der Waals surface area contributed by atoms with E-state index >= 15 is 0 Å². The molecule has 0 atom stereocenters. The Kier molecular flexibility index (Phi) is 4.97. The van der Waals surface area contributed by atoms with Gasteiger partial charge in [0, 0.05) is 24.3 Å². The molecule has 28 heavy (non-hydrogen) atoms. The van der Waals surface area contributed by atoms with Gasteiger partial charge in [0.1, 0.15) is 4.83 Å². The van der Waals surface area contributed by atoms with Crippen LogP contribution < -0.4 is 16.0 Å². The highest BCUT2D eigenvalue weighted by Gasteiger charge is 2.16. The number of thiophene rings is 1. The first-order valence-electron chi connectivity index (χ1n) is 8.70. The van der Waals surface area contributed by atoms with Gasteiger partial charge in [-0.15, -0.1) is 11.3 Å². The van der Waals surface area contributed by atoms with Crippen molar-refractivity contribution in [3.63, 3.8) is 0 Å². The first-order chi connectivity index (χ1) is 13.6. The maximum Gasteiger partial charge on any atom is 0.439 e. The molecule has 0 aliphatic heterocycles. The number of benzene rings is 1. The van der Waals surface area contributed by atoms with Gasteiger partial charge in [0.05, 0.1) is 9.58 Å². The van der Waals surface area contributed by atoms with Crippen molar-refractivity contribution < 1.29 is 9.32 Å². The van der Waals surface area contributed by atoms with E-state index in [1.165, 1.54) is 11.3 Å². The summed E-state index contributed by atoms with van der Waals surface area (Å²) >= 11 is 2.97. The van der Waals surface area contributed by atoms with Crippen LogP contribution in [0.4, 0.5) is 10.8 Å². The van der Waals surface area contributed by atoms with Crippen LogP contribution in [0.1, 0.15) is 23.5 Å². The van der Waals surface area contributed by atoms with Gasteiger partial charge in [-0.3, -0.25) is 14.3 Å². The van der Waals surface area contributed by atoms with E-state index < -0.39 is 5.76 Å². The molecule has 4 rings (SSSR count). The minimum Gasteiger partial charge on any atom is -0.349 e. The molecule has 3 heterocycles. The average molecular weight is 416 g/mol. The fourth-order valence-corrected chi connectivity index (χ4v) is 4.99. The van der Waals surface area contributed by atoms with Crippen LogP contribution in [0.25, 0.3) is 20.9 Å². The molecule has 0 aliphatic rings. The number of fused-ring (bicyclic) bond motifs is 1. The van der Waals surface area contributed by atoms with Gasteiger partial charge >= 0.3 is 5.76 Å². The number of hydrogen-bond acceptors (Lipinski definition) is 8. The number of nitrogens with one attached hydrogen (secondary N) is 2. The summed E-state index contributed by atoms with van der Waals surface area (Å²) in [5.74, 6) is -0.518. The molecule has 144 valence electrons. The zero-order valence-electron chi connectivity index (χ0n) is 15.2. The molecule has 4 aromatic rings. The minimum atomic E-state index is -0.625. The molecule has 1 amide bonds. The van der Waals surface area contributed by atoms with Crippen LogP contribution in [-0.2, 0) is 0 Å². The quantitative estimate of drug-likeness (QED) is 0.496. The topological polar surface area (TPSA) is 104 Å². The van der Waals surface area contributed by atoms with Crippen LogP contribution in [0.3, 0.4) is 0 Å². The largest absolute Gasteiger partial charge is 0.439 e. The van der Waals surface area contributed by atoms with Crippen LogP contribution in [-0.4, -0.2) is 34.1 Å². The van der Waals surface area contributed by atoms with Crippen LogP contribution in [0.2, 0.25) is 0 Å². The highest BCUT2D eigenvalue weighted by atomic mass is 32.1. The summed E-state index contributed by atoms with van der Waals surface area (Å²) in [7, 11) is 0. The van der Waals surface area contributed by atoms with Gasteiger partial charge in [0.2, 0.25) is 0 Å². The molecule has 2 N–H and O–H groups in total. The lowest BCUT2D eigenvalue weighted by atomic mass is 10.2. The van der Waals surface area contributed by atoms with E-state index in [9.17, 15) is 9.59 Å². The van der Waals surface area contributed by atoms with E-state index in [1.807, 2.05) is 6.07 Å². The lowest BCUT2D eigenvalue weighted by molar-refractivity contribution is 0.103. The zero-order valence-corrected chi connectivity index (χ0v) is 16.8. The molecule has 0 bridgehead atoms. The first-order valence-corrected chi connectivity index (χ1v) is 10.3. The monoisotopic (exact) mass is 415 g/mol. The van der Waals surface area contributed by atoms with E-state index in [4.69, 9.17) is 0 Å². The standard InChI is InChI=1S/C18H17N5O3S2/c1-3-23(4-2)17-21-16-13(28-17)9-12(27-16)15(24)19-11-7-5-6-10(8-11)14-20-18(25)26-22-14/h5-9H,3-4H2,1-2H3,(H,19,24)(H,20,22,25). The average Bonchev–Trinajstić information content (AvgIpc) is 3.38. The molecule has 0 spiro atoms. The maximum absolute atomic E-state index is 12.6. The van der Waals surface area contributed by atoms with Crippen molar-refractivity contribution in [3.8, 4) is 11.4 Å². The van der Waals surface area contributed by atoms with E-state index in [-0.39, 0.29) is 5.91 Å². The van der Waals surface area contributed by atoms with Crippen LogP contribution >= 0.6 is 22.7 Å². The second-order valence-electron chi connectivity index (χ2n) is 5.93. The summed E-state index contributed by atoms with van der Waals surface area (Å²) in [5.41, 5.74) is 1.24. The number of aromatic amines is 1. The predicted octanol–water partition coefficient (Wildman–Crippen LogP) is 3.80. The highest BCUT2D eigenvalue weighted by Crippen LogP contribution is 2.35. The molecular formula is C18H17N5O3S2. The molecular weight excluding hydrogens is 398 g/mol. The highest BCUT2D eigenvalue weighted by molar-refractivity contribution is 7.29. The fourth-order valence-electron chi connectivity index (χ4n) is 2.76. The smallest absolute Gasteiger partial charge is 0.349 e. The number of aromatic nitrogens is 3. The molecule has 1 aromatic carbocycles. The molecule has 0 saturated carbocycles. The van der Waals surface area contributed by atoms with Gasteiger partial charge in [0.15, 0.2) is 11.0 Å². The van der Waals surface area contributed by atoms with Crippen LogP contribution in [0.15, 0.2) is 39.6 Å². The van der Waals surface area contributed by atoms with Gasteiger partial charge in [-0.1, -0.05) is 28.6 Å². The first kappa shape index (κ1) is 18.4. The number of anilines is 2. The van der Waals surface area contributed by atoms with Gasteiger partial charge < -0.3 is 10.2 Å². The Balaban J connectivity index is 1.53. The lowest BCUT2D eigenvalue weighted by Crippen LogP contribution is -2.21. The molecule has 0 radical (unpaired) electrons. The Morgan fingerprint density at radius 2 is 2.07 bits per heavy atom. The molecule has 0 saturated heterocycles. The molecule has 0 fully saturated rings. The number of rotatable bonds is 6. The van der Waals surface area contributed by atoms with Crippen molar-refractivity contribution in [3.05, 3.63) is 45.8 Å². The van der Waals surface area contributed by atoms with Crippen LogP contribution in [0, 0.1) is 0 Å². The van der Waals surface area contributed by atoms with Crippen molar-refractivity contribution in [2.75, 3.05) is 23.3 Å². The van der Waals surface area contributed by atoms with Crippen molar-refractivity contribution in [1.29, 1.82) is 0 Å². The third kappa shape index (κ3) is 3.56. The molecule has 0 unspecified atom stereocenters. The third-order valence-corrected chi connectivity index (χ3v) is 6.39. The number of amides is 1. The minimum absolute atomic E-state index is 0.203. The fraction of sp³-hybridized carbons (Fsp3) is 0.222. The molecule has 10 heteroatoms. The van der Waals surface area contributed by atoms with Crippen molar-refractivity contribution in [2.45, 2.75) is 13.8 Å². The van der Waals surface area contributed by atoms with Gasteiger partial charge in [-0.05, 0) is 32.0 Å². The van der Waals surface area contributed by atoms with E-state index in [2.05, 4.69) is 43.7 Å². The number of thiazole rings is 1. The summed E-state index contributed by atoms with van der Waals surface area (Å²) in [5, 5.41) is 7.51. The number of nitrogens with zero attached hydrogens (tertiary/aromatic N) is 3. The molecule has 0 aliphatic carbocycles. The molecule has 8 nitrogen and oxygen atoms in total. The maximum atomic E-state index is 12.6. The number of carbonyl (C=O) groups excluding carboxylic acids is 1. The summed E-state index contributed by atoms with van der Waals surface area (Å²) in [6.07, 6.45) is 0. The second kappa shape index (κ2) is 7.56. The van der Waals surface area contributed by atoms with Gasteiger partial charge in [-0.2, -0.15) is 0 Å². The second-order valence-corrected chi connectivity index (χ2v) is 7.97. The Bertz CT molecular complexity index is 1150. The Morgan fingerprint density at radius 1 is 1.25 bits per heavy atom. The lowest BCUT2D eigenvalue weighted by Gasteiger charge is -2.16. The summed E-state index contributed by atoms with van der Waals surface area (Å²) in [6.45, 7) is 6.00. The van der Waals surface area contributed by atoms with Crippen molar-refractivity contribution in [2.24, 2.45) is 0 Å². The van der Waals surface area contributed by atoms with E-state index in [0.29, 0.717) is 22.0 Å². The summed E-state index contributed by atoms with van der Waals surface area (Å²) < 4.78 is 5.53. The van der Waals surface area contributed by atoms with Gasteiger partial charge in [-0.25, -0.2) is 9.78 Å². The Labute approximate surface area is 167 Å². The zero-order chi connectivity index (χ0) is 19.7. The molecule has 3 aromatic heterocycles. The Hall–Kier alpha value is -2.98. The van der Waals surface area contributed by atoms with Crippen molar-refractivity contribution >= 4 is 48.9 Å². The summed E-state index contributed by atoms with van der Waals surface area (Å²) in [6, 6.07) is 8.90.